The Morgan fingerprint density at radius 2 is 2.22 bits per heavy atom. The fourth-order valence-corrected chi connectivity index (χ4v) is 3.56. The van der Waals surface area contributed by atoms with E-state index >= 15 is 0 Å². The molecule has 0 bridgehead atoms. The first kappa shape index (κ1) is 18.2. The van der Waals surface area contributed by atoms with Gasteiger partial charge in [0.05, 0.1) is 6.61 Å². The van der Waals surface area contributed by atoms with Crippen LogP contribution < -0.4 is 10.6 Å². The molecule has 0 atom stereocenters. The van der Waals surface area contributed by atoms with Crippen LogP contribution in [0.5, 0.6) is 0 Å². The summed E-state index contributed by atoms with van der Waals surface area (Å²) in [6, 6.07) is 4.28. The van der Waals surface area contributed by atoms with Crippen LogP contribution in [0.25, 0.3) is 0 Å². The molecule has 0 unspecified atom stereocenters. The van der Waals surface area contributed by atoms with Gasteiger partial charge in [-0.05, 0) is 49.7 Å². The fraction of sp³-hybridized carbons (Fsp3) is 0.706. The van der Waals surface area contributed by atoms with Gasteiger partial charge in [-0.1, -0.05) is 6.07 Å². The van der Waals surface area contributed by atoms with E-state index in [0.29, 0.717) is 0 Å². The summed E-state index contributed by atoms with van der Waals surface area (Å²) >= 11 is 1.81. The van der Waals surface area contributed by atoms with Crippen molar-refractivity contribution in [3.63, 3.8) is 0 Å². The molecule has 0 aliphatic carbocycles. The normalized spacial score (nSPS) is 17.4. The summed E-state index contributed by atoms with van der Waals surface area (Å²) < 4.78 is 5.15. The van der Waals surface area contributed by atoms with E-state index < -0.39 is 0 Å². The molecule has 0 spiro atoms. The van der Waals surface area contributed by atoms with Crippen molar-refractivity contribution < 1.29 is 4.74 Å². The zero-order valence-electron chi connectivity index (χ0n) is 14.4. The highest BCUT2D eigenvalue weighted by Crippen LogP contribution is 2.15. The molecule has 5 nitrogen and oxygen atoms in total. The molecule has 0 radical (unpaired) electrons. The molecule has 0 amide bonds. The van der Waals surface area contributed by atoms with E-state index in [0.717, 1.165) is 44.5 Å². The maximum Gasteiger partial charge on any atom is 0.190 e. The summed E-state index contributed by atoms with van der Waals surface area (Å²) in [5.41, 5.74) is 0. The number of nitrogens with zero attached hydrogens (tertiary/aromatic N) is 2. The molecular weight excluding hydrogens is 308 g/mol. The smallest absolute Gasteiger partial charge is 0.190 e. The lowest BCUT2D eigenvalue weighted by atomic mass is 9.97. The van der Waals surface area contributed by atoms with E-state index in [1.807, 2.05) is 18.4 Å². The van der Waals surface area contributed by atoms with Gasteiger partial charge in [-0.2, -0.15) is 0 Å². The predicted molar refractivity (Wildman–Crippen MR) is 98.4 cm³/mol. The molecule has 6 heteroatoms. The standard InChI is InChI=1S/C17H30N4OS/c1-18-17(19-8-5-16-4-3-13-23-16)20-14-15-6-9-21(10-7-15)11-12-22-2/h3-4,13,15H,5-12,14H2,1-2H3,(H2,18,19,20). The molecule has 1 aliphatic heterocycles. The van der Waals surface area contributed by atoms with Crippen LogP contribution in [0.1, 0.15) is 17.7 Å². The summed E-state index contributed by atoms with van der Waals surface area (Å²) in [6.45, 7) is 6.19. The van der Waals surface area contributed by atoms with Crippen LogP contribution in [-0.4, -0.2) is 64.3 Å². The van der Waals surface area contributed by atoms with E-state index in [9.17, 15) is 0 Å². The number of hydrogen-bond acceptors (Lipinski definition) is 4. The van der Waals surface area contributed by atoms with Gasteiger partial charge in [-0.3, -0.25) is 4.99 Å². The number of rotatable bonds is 8. The maximum atomic E-state index is 5.15. The third-order valence-electron chi connectivity index (χ3n) is 4.34. The second-order valence-electron chi connectivity index (χ2n) is 5.99. The molecule has 130 valence electrons. The van der Waals surface area contributed by atoms with E-state index in [1.165, 1.54) is 30.8 Å². The van der Waals surface area contributed by atoms with Gasteiger partial charge in [0.1, 0.15) is 0 Å². The fourth-order valence-electron chi connectivity index (χ4n) is 2.86. The summed E-state index contributed by atoms with van der Waals surface area (Å²) in [4.78, 5) is 8.23. The Morgan fingerprint density at radius 1 is 1.39 bits per heavy atom. The average molecular weight is 339 g/mol. The summed E-state index contributed by atoms with van der Waals surface area (Å²) in [5, 5.41) is 9.01. The summed E-state index contributed by atoms with van der Waals surface area (Å²) in [7, 11) is 3.61. The number of methoxy groups -OCH3 is 1. The van der Waals surface area contributed by atoms with Crippen molar-refractivity contribution in [2.75, 3.05) is 53.5 Å². The van der Waals surface area contributed by atoms with Crippen LogP contribution in [0, 0.1) is 5.92 Å². The molecule has 2 N–H and O–H groups in total. The lowest BCUT2D eigenvalue weighted by Gasteiger charge is -2.32. The van der Waals surface area contributed by atoms with Gasteiger partial charge in [0.15, 0.2) is 5.96 Å². The molecule has 1 aliphatic rings. The third kappa shape index (κ3) is 6.89. The van der Waals surface area contributed by atoms with Crippen molar-refractivity contribution >= 4 is 17.3 Å². The number of likely N-dealkylation sites (tertiary alicyclic amines) is 1. The molecule has 1 saturated heterocycles. The van der Waals surface area contributed by atoms with Gasteiger partial charge < -0.3 is 20.3 Å². The number of aliphatic imine (C=N–C) groups is 1. The summed E-state index contributed by atoms with van der Waals surface area (Å²) in [5.74, 6) is 1.66. The third-order valence-corrected chi connectivity index (χ3v) is 5.28. The molecule has 0 saturated carbocycles. The Bertz CT molecular complexity index is 441. The first-order valence-electron chi connectivity index (χ1n) is 8.50. The number of guanidine groups is 1. The van der Waals surface area contributed by atoms with Gasteiger partial charge in [0.25, 0.3) is 0 Å². The first-order valence-corrected chi connectivity index (χ1v) is 9.38. The van der Waals surface area contributed by atoms with Crippen LogP contribution in [0.4, 0.5) is 0 Å². The molecule has 23 heavy (non-hydrogen) atoms. The number of piperidine rings is 1. The molecule has 1 aromatic rings. The molecule has 1 aromatic heterocycles. The lowest BCUT2D eigenvalue weighted by Crippen LogP contribution is -2.43. The van der Waals surface area contributed by atoms with Crippen LogP contribution in [0.15, 0.2) is 22.5 Å². The largest absolute Gasteiger partial charge is 0.383 e. The van der Waals surface area contributed by atoms with E-state index in [-0.39, 0.29) is 0 Å². The Balaban J connectivity index is 1.58. The maximum absolute atomic E-state index is 5.15. The van der Waals surface area contributed by atoms with Crippen molar-refractivity contribution in [1.82, 2.24) is 15.5 Å². The second kappa shape index (κ2) is 10.6. The molecule has 2 rings (SSSR count). The van der Waals surface area contributed by atoms with Crippen molar-refractivity contribution in [3.8, 4) is 0 Å². The highest BCUT2D eigenvalue weighted by Gasteiger charge is 2.18. The summed E-state index contributed by atoms with van der Waals surface area (Å²) in [6.07, 6.45) is 3.56. The minimum atomic E-state index is 0.740. The highest BCUT2D eigenvalue weighted by atomic mass is 32.1. The zero-order valence-corrected chi connectivity index (χ0v) is 15.2. The van der Waals surface area contributed by atoms with Gasteiger partial charge in [0, 0.05) is 38.7 Å². The Hall–Kier alpha value is -1.11. The SMILES string of the molecule is CN=C(NCCc1cccs1)NCC1CCN(CCOC)CC1. The van der Waals surface area contributed by atoms with Crippen molar-refractivity contribution in [1.29, 1.82) is 0 Å². The van der Waals surface area contributed by atoms with Gasteiger partial charge in [-0.25, -0.2) is 0 Å². The molecule has 1 fully saturated rings. The number of hydrogen-bond donors (Lipinski definition) is 2. The van der Waals surface area contributed by atoms with E-state index in [2.05, 4.69) is 38.0 Å². The number of nitrogens with one attached hydrogen (secondary N) is 2. The second-order valence-corrected chi connectivity index (χ2v) is 7.02. The van der Waals surface area contributed by atoms with Crippen LogP contribution in [-0.2, 0) is 11.2 Å². The van der Waals surface area contributed by atoms with Crippen LogP contribution in [0.3, 0.4) is 0 Å². The Kier molecular flexibility index (Phi) is 8.42. The van der Waals surface area contributed by atoms with Gasteiger partial charge in [-0.15, -0.1) is 11.3 Å². The van der Waals surface area contributed by atoms with Crippen molar-refractivity contribution in [3.05, 3.63) is 22.4 Å². The van der Waals surface area contributed by atoms with Gasteiger partial charge in [0.2, 0.25) is 0 Å². The quantitative estimate of drug-likeness (QED) is 0.561. The first-order chi connectivity index (χ1) is 11.3. The van der Waals surface area contributed by atoms with Gasteiger partial charge >= 0.3 is 0 Å². The number of ether oxygens (including phenoxy) is 1. The molecule has 0 aromatic carbocycles. The monoisotopic (exact) mass is 338 g/mol. The average Bonchev–Trinajstić information content (AvgIpc) is 3.10. The van der Waals surface area contributed by atoms with E-state index in [1.54, 1.807) is 7.11 Å². The highest BCUT2D eigenvalue weighted by molar-refractivity contribution is 7.09. The van der Waals surface area contributed by atoms with Crippen LogP contribution >= 0.6 is 11.3 Å². The minimum absolute atomic E-state index is 0.740. The Morgan fingerprint density at radius 3 is 2.87 bits per heavy atom. The zero-order chi connectivity index (χ0) is 16.3. The molecular formula is C17H30N4OS. The topological polar surface area (TPSA) is 48.9 Å². The van der Waals surface area contributed by atoms with Crippen LogP contribution in [0.2, 0.25) is 0 Å². The van der Waals surface area contributed by atoms with Crippen molar-refractivity contribution in [2.45, 2.75) is 19.3 Å². The Labute approximate surface area is 144 Å². The minimum Gasteiger partial charge on any atom is -0.383 e. The molecule has 2 heterocycles. The predicted octanol–water partition coefficient (Wildman–Crippen LogP) is 1.81. The number of thiophene rings is 1. The van der Waals surface area contributed by atoms with Crippen molar-refractivity contribution in [2.24, 2.45) is 10.9 Å². The van der Waals surface area contributed by atoms with E-state index in [4.69, 9.17) is 4.74 Å². The lowest BCUT2D eigenvalue weighted by molar-refractivity contribution is 0.121.